The first-order chi connectivity index (χ1) is 10.8. The summed E-state index contributed by atoms with van der Waals surface area (Å²) in [4.78, 5) is 0. The minimum absolute atomic E-state index is 0.358. The zero-order valence-electron chi connectivity index (χ0n) is 13.9. The third-order valence-electron chi connectivity index (χ3n) is 3.89. The molecule has 6 heteroatoms. The SMILES string of the molecule is CC(C)(C)[S+]([O-])N=Cc1ccc(C(O)NC2CCCC2)c(Cl)c1. The summed E-state index contributed by atoms with van der Waals surface area (Å²) in [5.74, 6) is 0. The van der Waals surface area contributed by atoms with Crippen LogP contribution in [0.2, 0.25) is 5.02 Å². The number of rotatable bonds is 5. The van der Waals surface area contributed by atoms with E-state index in [9.17, 15) is 9.66 Å². The predicted molar refractivity (Wildman–Crippen MR) is 97.3 cm³/mol. The summed E-state index contributed by atoms with van der Waals surface area (Å²) in [5.41, 5.74) is 1.43. The number of benzene rings is 1. The highest BCUT2D eigenvalue weighted by Gasteiger charge is 2.26. The third kappa shape index (κ3) is 5.47. The molecule has 1 aromatic rings. The van der Waals surface area contributed by atoms with Crippen LogP contribution in [0.25, 0.3) is 0 Å². The molecule has 1 aromatic carbocycles. The zero-order chi connectivity index (χ0) is 17.0. The largest absolute Gasteiger partial charge is 0.591 e. The molecule has 0 spiro atoms. The fourth-order valence-electron chi connectivity index (χ4n) is 2.52. The number of hydrogen-bond donors (Lipinski definition) is 2. The van der Waals surface area contributed by atoms with Crippen molar-refractivity contribution in [3.63, 3.8) is 0 Å². The second-order valence-corrected chi connectivity index (χ2v) is 9.27. The molecule has 0 bridgehead atoms. The monoisotopic (exact) mass is 356 g/mol. The molecule has 0 heterocycles. The fourth-order valence-corrected chi connectivity index (χ4v) is 3.34. The van der Waals surface area contributed by atoms with Gasteiger partial charge in [0.25, 0.3) is 0 Å². The van der Waals surface area contributed by atoms with Crippen LogP contribution >= 0.6 is 11.6 Å². The molecular weight excluding hydrogens is 332 g/mol. The highest BCUT2D eigenvalue weighted by atomic mass is 35.5. The molecule has 1 fully saturated rings. The standard InChI is InChI=1S/C17H25ClN2O2S/c1-17(2,3)23(22)19-11-12-8-9-14(15(18)10-12)16(21)20-13-6-4-5-7-13/h8-11,13,16,20-21H,4-7H2,1-3H3. The van der Waals surface area contributed by atoms with Crippen molar-refractivity contribution in [2.45, 2.75) is 63.5 Å². The van der Waals surface area contributed by atoms with Crippen LogP contribution in [0.15, 0.2) is 22.6 Å². The summed E-state index contributed by atoms with van der Waals surface area (Å²) in [5, 5.41) is 14.0. The maximum absolute atomic E-state index is 11.9. The molecule has 23 heavy (non-hydrogen) atoms. The van der Waals surface area contributed by atoms with E-state index in [1.807, 2.05) is 26.8 Å². The number of halogens is 1. The smallest absolute Gasteiger partial charge is 0.144 e. The van der Waals surface area contributed by atoms with Crippen molar-refractivity contribution < 1.29 is 9.66 Å². The predicted octanol–water partition coefficient (Wildman–Crippen LogP) is 3.74. The summed E-state index contributed by atoms with van der Waals surface area (Å²) in [6, 6.07) is 5.71. The van der Waals surface area contributed by atoms with Gasteiger partial charge >= 0.3 is 0 Å². The van der Waals surface area contributed by atoms with Crippen molar-refractivity contribution in [1.29, 1.82) is 0 Å². The van der Waals surface area contributed by atoms with E-state index < -0.39 is 17.6 Å². The van der Waals surface area contributed by atoms with E-state index >= 15 is 0 Å². The topological polar surface area (TPSA) is 67.7 Å². The summed E-state index contributed by atoms with van der Waals surface area (Å²) < 4.78 is 15.6. The number of hydrogen-bond acceptors (Lipinski definition) is 4. The van der Waals surface area contributed by atoms with Gasteiger partial charge in [-0.1, -0.05) is 41.0 Å². The van der Waals surface area contributed by atoms with Gasteiger partial charge in [0.05, 0.1) is 6.21 Å². The summed E-state index contributed by atoms with van der Waals surface area (Å²) >= 11 is 4.98. The molecular formula is C17H25ClN2O2S. The molecule has 4 nitrogen and oxygen atoms in total. The lowest BCUT2D eigenvalue weighted by atomic mass is 10.1. The Morgan fingerprint density at radius 1 is 1.39 bits per heavy atom. The fraction of sp³-hybridized carbons (Fsp3) is 0.588. The lowest BCUT2D eigenvalue weighted by Gasteiger charge is -2.19. The molecule has 1 aliphatic carbocycles. The molecule has 2 unspecified atom stereocenters. The average molecular weight is 357 g/mol. The molecule has 0 radical (unpaired) electrons. The van der Waals surface area contributed by atoms with Crippen molar-refractivity contribution in [2.75, 3.05) is 0 Å². The van der Waals surface area contributed by atoms with Gasteiger partial charge in [0.2, 0.25) is 0 Å². The molecule has 2 atom stereocenters. The first-order valence-corrected chi connectivity index (χ1v) is 9.45. The highest BCUT2D eigenvalue weighted by Crippen LogP contribution is 2.26. The molecule has 0 aliphatic heterocycles. The molecule has 1 saturated carbocycles. The van der Waals surface area contributed by atoms with Crippen LogP contribution in [0, 0.1) is 0 Å². The lowest BCUT2D eigenvalue weighted by Crippen LogP contribution is -2.30. The van der Waals surface area contributed by atoms with Gasteiger partial charge in [-0.25, -0.2) is 0 Å². The Labute approximate surface area is 146 Å². The summed E-state index contributed by atoms with van der Waals surface area (Å²) in [6.45, 7) is 5.63. The normalized spacial score (nSPS) is 19.4. The highest BCUT2D eigenvalue weighted by molar-refractivity contribution is 7.91. The zero-order valence-corrected chi connectivity index (χ0v) is 15.5. The van der Waals surface area contributed by atoms with E-state index in [2.05, 4.69) is 9.71 Å². The Balaban J connectivity index is 2.03. The minimum Gasteiger partial charge on any atom is -0.591 e. The number of nitrogens with one attached hydrogen (secondary N) is 1. The van der Waals surface area contributed by atoms with Crippen LogP contribution in [-0.4, -0.2) is 26.7 Å². The van der Waals surface area contributed by atoms with Crippen molar-refractivity contribution in [3.05, 3.63) is 34.3 Å². The molecule has 0 amide bonds. The maximum Gasteiger partial charge on any atom is 0.144 e. The number of nitrogens with zero attached hydrogens (tertiary/aromatic N) is 1. The van der Waals surface area contributed by atoms with Crippen molar-refractivity contribution in [3.8, 4) is 0 Å². The quantitative estimate of drug-likeness (QED) is 0.479. The van der Waals surface area contributed by atoms with Crippen LogP contribution in [0.1, 0.15) is 63.8 Å². The van der Waals surface area contributed by atoms with Crippen LogP contribution in [0.3, 0.4) is 0 Å². The minimum atomic E-state index is -1.30. The average Bonchev–Trinajstić information content (AvgIpc) is 2.96. The second-order valence-electron chi connectivity index (χ2n) is 6.93. The Kier molecular flexibility index (Phi) is 6.51. The van der Waals surface area contributed by atoms with Gasteiger partial charge in [0.15, 0.2) is 0 Å². The van der Waals surface area contributed by atoms with E-state index in [0.717, 1.165) is 18.4 Å². The Morgan fingerprint density at radius 2 is 2.04 bits per heavy atom. The Hall–Kier alpha value is -0.590. The molecule has 0 saturated heterocycles. The molecule has 0 aromatic heterocycles. The lowest BCUT2D eigenvalue weighted by molar-refractivity contribution is 0.124. The van der Waals surface area contributed by atoms with Crippen molar-refractivity contribution in [2.24, 2.45) is 4.40 Å². The third-order valence-corrected chi connectivity index (χ3v) is 5.56. The van der Waals surface area contributed by atoms with Crippen LogP contribution in [0.5, 0.6) is 0 Å². The van der Waals surface area contributed by atoms with Crippen LogP contribution in [-0.2, 0) is 11.4 Å². The Bertz CT molecular complexity index is 554. The van der Waals surface area contributed by atoms with E-state index in [-0.39, 0.29) is 4.75 Å². The van der Waals surface area contributed by atoms with Crippen LogP contribution in [0.4, 0.5) is 0 Å². The second kappa shape index (κ2) is 7.99. The van der Waals surface area contributed by atoms with Crippen LogP contribution < -0.4 is 5.32 Å². The van der Waals surface area contributed by atoms with E-state index in [0.29, 0.717) is 16.6 Å². The summed E-state index contributed by atoms with van der Waals surface area (Å²) in [7, 11) is 0. The molecule has 2 N–H and O–H groups in total. The van der Waals surface area contributed by atoms with Crippen molar-refractivity contribution >= 4 is 29.2 Å². The van der Waals surface area contributed by atoms with Gasteiger partial charge in [0.1, 0.15) is 22.3 Å². The number of aliphatic hydroxyl groups is 1. The summed E-state index contributed by atoms with van der Waals surface area (Å²) in [6.07, 6.45) is 5.40. The molecule has 128 valence electrons. The van der Waals surface area contributed by atoms with E-state index in [1.54, 1.807) is 18.3 Å². The van der Waals surface area contributed by atoms with E-state index in [4.69, 9.17) is 11.6 Å². The molecule has 1 aliphatic rings. The van der Waals surface area contributed by atoms with Gasteiger partial charge in [-0.3, -0.25) is 5.32 Å². The van der Waals surface area contributed by atoms with E-state index in [1.165, 1.54) is 12.8 Å². The Morgan fingerprint density at radius 3 is 2.61 bits per heavy atom. The first-order valence-electron chi connectivity index (χ1n) is 7.97. The van der Waals surface area contributed by atoms with Gasteiger partial charge in [0, 0.05) is 16.6 Å². The van der Waals surface area contributed by atoms with Gasteiger partial charge in [-0.2, -0.15) is 0 Å². The van der Waals surface area contributed by atoms with Gasteiger partial charge in [-0.05, 0) is 45.2 Å². The molecule has 2 rings (SSSR count). The van der Waals surface area contributed by atoms with Crippen molar-refractivity contribution in [1.82, 2.24) is 5.32 Å². The van der Waals surface area contributed by atoms with Gasteiger partial charge < -0.3 is 9.66 Å². The van der Waals surface area contributed by atoms with Gasteiger partial charge in [-0.15, -0.1) is 0 Å². The maximum atomic E-state index is 11.9. The number of aliphatic hydroxyl groups excluding tert-OH is 1. The first kappa shape index (κ1) is 18.7.